The number of carbonyl (C=O) groups is 1. The first-order chi connectivity index (χ1) is 13.1. The molecule has 3 rings (SSSR count). The molecule has 8 heteroatoms. The van der Waals surface area contributed by atoms with Crippen LogP contribution < -0.4 is 10.5 Å². The van der Waals surface area contributed by atoms with Crippen molar-refractivity contribution in [1.29, 1.82) is 0 Å². The highest BCUT2D eigenvalue weighted by Crippen LogP contribution is 2.14. The van der Waals surface area contributed by atoms with Crippen molar-refractivity contribution < 1.29 is 23.1 Å². The number of ether oxygens (including phenoxy) is 2. The molecule has 140 valence electrons. The maximum Gasteiger partial charge on any atom is 0.437 e. The summed E-state index contributed by atoms with van der Waals surface area (Å²) >= 11 is 0. The van der Waals surface area contributed by atoms with E-state index in [1.165, 1.54) is 24.3 Å². The summed E-state index contributed by atoms with van der Waals surface area (Å²) in [6.45, 7) is 0.0904. The van der Waals surface area contributed by atoms with Gasteiger partial charge < -0.3 is 13.9 Å². The van der Waals surface area contributed by atoms with Crippen LogP contribution in [0.5, 0.6) is 5.75 Å². The number of benzene rings is 2. The summed E-state index contributed by atoms with van der Waals surface area (Å²) in [7, 11) is 0. The zero-order valence-electron chi connectivity index (χ0n) is 14.3. The molecule has 0 radical (unpaired) electrons. The lowest BCUT2D eigenvalue weighted by atomic mass is 10.2. The Bertz CT molecular complexity index is 935. The van der Waals surface area contributed by atoms with E-state index in [1.54, 1.807) is 24.3 Å². The summed E-state index contributed by atoms with van der Waals surface area (Å²) in [5.41, 5.74) is 0.639. The van der Waals surface area contributed by atoms with Crippen LogP contribution in [0.4, 0.5) is 4.39 Å². The molecule has 0 fully saturated rings. The fourth-order valence-corrected chi connectivity index (χ4v) is 2.24. The highest BCUT2D eigenvalue weighted by Gasteiger charge is 2.13. The van der Waals surface area contributed by atoms with Gasteiger partial charge in [0.25, 0.3) is 0 Å². The molecule has 0 bridgehead atoms. The minimum absolute atomic E-state index is 0.123. The molecule has 0 aliphatic heterocycles. The number of hydrogen-bond acceptors (Lipinski definition) is 6. The molecule has 7 nitrogen and oxygen atoms in total. The van der Waals surface area contributed by atoms with Gasteiger partial charge in [-0.25, -0.2) is 9.18 Å². The van der Waals surface area contributed by atoms with Gasteiger partial charge in [0.2, 0.25) is 5.89 Å². The maximum absolute atomic E-state index is 12.8. The minimum Gasteiger partial charge on any atom is -0.493 e. The topological polar surface area (TPSA) is 83.6 Å². The second kappa shape index (κ2) is 8.79. The SMILES string of the molecule is O=C(Cn1nc(-c2ccccc2)oc1=O)OCCCOc1ccc(F)cc1. The second-order valence-electron chi connectivity index (χ2n) is 5.57. The zero-order chi connectivity index (χ0) is 19.1. The molecule has 0 saturated carbocycles. The lowest BCUT2D eigenvalue weighted by Crippen LogP contribution is -2.23. The highest BCUT2D eigenvalue weighted by atomic mass is 19.1. The van der Waals surface area contributed by atoms with E-state index in [-0.39, 0.29) is 24.9 Å². The third kappa shape index (κ3) is 5.27. The van der Waals surface area contributed by atoms with Gasteiger partial charge in [-0.2, -0.15) is 4.68 Å². The van der Waals surface area contributed by atoms with Crippen LogP contribution in [0.25, 0.3) is 11.5 Å². The smallest absolute Gasteiger partial charge is 0.437 e. The molecule has 0 amide bonds. The van der Waals surface area contributed by atoms with Gasteiger partial charge in [0.15, 0.2) is 0 Å². The number of nitrogens with zero attached hydrogens (tertiary/aromatic N) is 2. The molecule has 0 N–H and O–H groups in total. The zero-order valence-corrected chi connectivity index (χ0v) is 14.3. The van der Waals surface area contributed by atoms with Crippen molar-refractivity contribution in [3.05, 3.63) is 71.0 Å². The Morgan fingerprint density at radius 3 is 2.56 bits per heavy atom. The fraction of sp³-hybridized carbons (Fsp3) is 0.211. The molecular formula is C19H17FN2O5. The number of rotatable bonds is 8. The summed E-state index contributed by atoms with van der Waals surface area (Å²) in [6, 6.07) is 14.5. The van der Waals surface area contributed by atoms with Crippen LogP contribution in [0.3, 0.4) is 0 Å². The van der Waals surface area contributed by atoms with Gasteiger partial charge in [-0.15, -0.1) is 5.10 Å². The van der Waals surface area contributed by atoms with Crippen molar-refractivity contribution >= 4 is 5.97 Å². The van der Waals surface area contributed by atoms with E-state index in [0.717, 1.165) is 4.68 Å². The van der Waals surface area contributed by atoms with Crippen LogP contribution in [0.2, 0.25) is 0 Å². The summed E-state index contributed by atoms with van der Waals surface area (Å²) in [6.07, 6.45) is 0.450. The molecule has 27 heavy (non-hydrogen) atoms. The Balaban J connectivity index is 1.42. The first kappa shape index (κ1) is 18.4. The summed E-state index contributed by atoms with van der Waals surface area (Å²) in [5.74, 6) is -1.00. The van der Waals surface area contributed by atoms with Gasteiger partial charge in [-0.05, 0) is 36.4 Å². The predicted molar refractivity (Wildman–Crippen MR) is 93.7 cm³/mol. The first-order valence-electron chi connectivity index (χ1n) is 8.29. The van der Waals surface area contributed by atoms with E-state index in [0.29, 0.717) is 24.3 Å². The second-order valence-corrected chi connectivity index (χ2v) is 5.57. The van der Waals surface area contributed by atoms with Crippen molar-refractivity contribution in [2.24, 2.45) is 0 Å². The quantitative estimate of drug-likeness (QED) is 0.447. The Morgan fingerprint density at radius 2 is 1.81 bits per heavy atom. The molecule has 3 aromatic rings. The molecule has 2 aromatic carbocycles. The van der Waals surface area contributed by atoms with Crippen LogP contribution in [0.15, 0.2) is 63.8 Å². The Kier molecular flexibility index (Phi) is 5.98. The molecule has 0 aliphatic rings. The van der Waals surface area contributed by atoms with Crippen LogP contribution in [-0.2, 0) is 16.1 Å². The van der Waals surface area contributed by atoms with Gasteiger partial charge in [0.05, 0.1) is 13.2 Å². The van der Waals surface area contributed by atoms with Crippen molar-refractivity contribution in [2.45, 2.75) is 13.0 Å². The molecule has 0 unspecified atom stereocenters. The number of hydrogen-bond donors (Lipinski definition) is 0. The van der Waals surface area contributed by atoms with Crippen LogP contribution >= 0.6 is 0 Å². The number of carbonyl (C=O) groups excluding carboxylic acids is 1. The van der Waals surface area contributed by atoms with Crippen molar-refractivity contribution in [2.75, 3.05) is 13.2 Å². The number of aromatic nitrogens is 2. The van der Waals surface area contributed by atoms with Gasteiger partial charge in [0.1, 0.15) is 18.1 Å². The van der Waals surface area contributed by atoms with E-state index >= 15 is 0 Å². The first-order valence-corrected chi connectivity index (χ1v) is 8.29. The molecule has 1 aromatic heterocycles. The lowest BCUT2D eigenvalue weighted by Gasteiger charge is -2.06. The molecule has 1 heterocycles. The molecule has 0 spiro atoms. The standard InChI is InChI=1S/C19H17FN2O5/c20-15-7-9-16(10-8-15)25-11-4-12-26-17(23)13-22-19(24)27-18(21-22)14-5-2-1-3-6-14/h1-3,5-10H,4,11-13H2. The Labute approximate surface area is 153 Å². The highest BCUT2D eigenvalue weighted by molar-refractivity contribution is 5.69. The monoisotopic (exact) mass is 372 g/mol. The normalized spacial score (nSPS) is 10.6. The van der Waals surface area contributed by atoms with Gasteiger partial charge in [0, 0.05) is 12.0 Å². The molecule has 0 saturated heterocycles. The van der Waals surface area contributed by atoms with E-state index in [1.807, 2.05) is 6.07 Å². The average molecular weight is 372 g/mol. The molecule has 0 atom stereocenters. The van der Waals surface area contributed by atoms with Gasteiger partial charge in [-0.1, -0.05) is 18.2 Å². The van der Waals surface area contributed by atoms with E-state index in [4.69, 9.17) is 13.9 Å². The molecular weight excluding hydrogens is 355 g/mol. The summed E-state index contributed by atoms with van der Waals surface area (Å²) in [5, 5.41) is 3.99. The predicted octanol–water partition coefficient (Wildman–Crippen LogP) is 2.65. The van der Waals surface area contributed by atoms with Crippen molar-refractivity contribution in [1.82, 2.24) is 9.78 Å². The van der Waals surface area contributed by atoms with E-state index < -0.39 is 11.7 Å². The van der Waals surface area contributed by atoms with E-state index in [2.05, 4.69) is 5.10 Å². The van der Waals surface area contributed by atoms with Crippen LogP contribution in [0, 0.1) is 5.82 Å². The van der Waals surface area contributed by atoms with Crippen molar-refractivity contribution in [3.8, 4) is 17.2 Å². The lowest BCUT2D eigenvalue weighted by molar-refractivity contribution is -0.144. The van der Waals surface area contributed by atoms with Crippen LogP contribution in [0.1, 0.15) is 6.42 Å². The Morgan fingerprint density at radius 1 is 1.07 bits per heavy atom. The third-order valence-electron chi connectivity index (χ3n) is 3.54. The largest absolute Gasteiger partial charge is 0.493 e. The number of esters is 1. The maximum atomic E-state index is 12.8. The average Bonchev–Trinajstić information content (AvgIpc) is 3.04. The van der Waals surface area contributed by atoms with Gasteiger partial charge >= 0.3 is 11.7 Å². The van der Waals surface area contributed by atoms with Crippen LogP contribution in [-0.4, -0.2) is 29.0 Å². The summed E-state index contributed by atoms with van der Waals surface area (Å²) < 4.78 is 29.2. The van der Waals surface area contributed by atoms with Gasteiger partial charge in [-0.3, -0.25) is 4.79 Å². The summed E-state index contributed by atoms with van der Waals surface area (Å²) in [4.78, 5) is 23.6. The Hall–Kier alpha value is -3.42. The van der Waals surface area contributed by atoms with Crippen molar-refractivity contribution in [3.63, 3.8) is 0 Å². The molecule has 0 aliphatic carbocycles. The number of halogens is 1. The fourth-order valence-electron chi connectivity index (χ4n) is 2.24. The third-order valence-corrected chi connectivity index (χ3v) is 3.54. The van der Waals surface area contributed by atoms with E-state index in [9.17, 15) is 14.0 Å². The minimum atomic E-state index is -0.731.